The molecule has 1 amide bonds. The van der Waals surface area contributed by atoms with E-state index in [9.17, 15) is 19.5 Å². The number of piperidine rings is 1. The molecule has 0 spiro atoms. The van der Waals surface area contributed by atoms with E-state index in [0.717, 1.165) is 25.7 Å². The maximum atomic E-state index is 15.9. The molecule has 40 heavy (non-hydrogen) atoms. The van der Waals surface area contributed by atoms with Gasteiger partial charge in [0, 0.05) is 38.8 Å². The second kappa shape index (κ2) is 10.1. The Hall–Kier alpha value is -4.14. The molecule has 2 aromatic carbocycles. The predicted octanol–water partition coefficient (Wildman–Crippen LogP) is 4.53. The molecule has 1 aliphatic carbocycles. The van der Waals surface area contributed by atoms with Crippen molar-refractivity contribution in [3.63, 3.8) is 0 Å². The van der Waals surface area contributed by atoms with Gasteiger partial charge in [-0.3, -0.25) is 14.4 Å². The Labute approximate surface area is 231 Å². The van der Waals surface area contributed by atoms with Gasteiger partial charge in [-0.05, 0) is 61.4 Å². The summed E-state index contributed by atoms with van der Waals surface area (Å²) in [5.41, 5.74) is 0.903. The molecule has 6 rings (SSSR count). The van der Waals surface area contributed by atoms with Crippen LogP contribution in [0.4, 0.5) is 10.1 Å². The van der Waals surface area contributed by atoms with E-state index in [1.807, 2.05) is 14.4 Å². The van der Waals surface area contributed by atoms with E-state index < -0.39 is 17.0 Å². The van der Waals surface area contributed by atoms with E-state index in [1.165, 1.54) is 31.4 Å². The summed E-state index contributed by atoms with van der Waals surface area (Å²) in [6.45, 7) is 3.38. The number of amides is 1. The number of benzene rings is 2. The largest absolute Gasteiger partial charge is 0.508 e. The van der Waals surface area contributed by atoms with Crippen molar-refractivity contribution in [3.8, 4) is 11.5 Å². The molecule has 1 saturated carbocycles. The first-order chi connectivity index (χ1) is 19.3. The summed E-state index contributed by atoms with van der Waals surface area (Å²) in [6, 6.07) is 7.68. The number of aromatic hydroxyl groups is 1. The van der Waals surface area contributed by atoms with Crippen molar-refractivity contribution in [1.29, 1.82) is 0 Å². The molecular weight excluding hydrogens is 513 g/mol. The first kappa shape index (κ1) is 26.1. The van der Waals surface area contributed by atoms with Crippen LogP contribution >= 0.6 is 0 Å². The number of rotatable bonds is 6. The van der Waals surface area contributed by atoms with Gasteiger partial charge in [0.1, 0.15) is 11.4 Å². The normalized spacial score (nSPS) is 20.8. The topological polar surface area (TPSA) is 92.1 Å². The molecule has 9 heteroatoms. The van der Waals surface area contributed by atoms with Crippen LogP contribution in [0.25, 0.3) is 17.0 Å². The smallest absolute Gasteiger partial charge is 0.219 e. The number of pyridine rings is 1. The van der Waals surface area contributed by atoms with Gasteiger partial charge in [-0.2, -0.15) is 0 Å². The molecule has 3 heterocycles. The number of hydrogen-bond donors (Lipinski definition) is 1. The number of likely N-dealkylation sites (tertiary alicyclic amines) is 1. The lowest BCUT2D eigenvalue weighted by atomic mass is 9.92. The van der Waals surface area contributed by atoms with E-state index in [2.05, 4.69) is 0 Å². The van der Waals surface area contributed by atoms with Gasteiger partial charge in [-0.15, -0.1) is 0 Å². The van der Waals surface area contributed by atoms with Crippen molar-refractivity contribution in [2.75, 3.05) is 31.6 Å². The summed E-state index contributed by atoms with van der Waals surface area (Å²) in [4.78, 5) is 42.9. The lowest BCUT2D eigenvalue weighted by Gasteiger charge is -2.36. The molecule has 2 atom stereocenters. The van der Waals surface area contributed by atoms with Crippen LogP contribution in [0.3, 0.4) is 0 Å². The third-order valence-corrected chi connectivity index (χ3v) is 8.43. The third kappa shape index (κ3) is 4.53. The van der Waals surface area contributed by atoms with Crippen LogP contribution in [-0.2, 0) is 4.79 Å². The Morgan fingerprint density at radius 2 is 1.88 bits per heavy atom. The zero-order valence-electron chi connectivity index (χ0n) is 22.6. The van der Waals surface area contributed by atoms with Crippen molar-refractivity contribution in [1.82, 2.24) is 9.47 Å². The number of hydrogen-bond acceptors (Lipinski definition) is 6. The number of phenols is 1. The standard InChI is InChI=1S/C31H32FN3O5/c1-18(36)34-13-3-4-20-15-33(17-26(20)34)29-25(32)14-23-28(31(29)40-2)35(21-8-9-21)16-24(30(23)39)27(38)12-7-19-5-10-22(37)11-6-19/h5-7,10-12,14,16,20-21,26,37H,3-4,8-9,13,15,17H2,1-2H3. The summed E-state index contributed by atoms with van der Waals surface area (Å²) in [5.74, 6) is -0.396. The van der Waals surface area contributed by atoms with Crippen LogP contribution in [-0.4, -0.2) is 59.0 Å². The molecule has 2 saturated heterocycles. The third-order valence-electron chi connectivity index (χ3n) is 8.43. The minimum atomic E-state index is -0.582. The molecule has 1 aromatic heterocycles. The first-order valence-electron chi connectivity index (χ1n) is 13.8. The Balaban J connectivity index is 1.43. The number of phenolic OH excluding ortho intramolecular Hbond substituents is 1. The number of ketones is 1. The fourth-order valence-corrected chi connectivity index (χ4v) is 6.35. The number of carbonyl (C=O) groups excluding carboxylic acids is 2. The second-order valence-electron chi connectivity index (χ2n) is 11.0. The van der Waals surface area contributed by atoms with Crippen molar-refractivity contribution in [2.24, 2.45) is 5.92 Å². The minimum absolute atomic E-state index is 0.0112. The van der Waals surface area contributed by atoms with Gasteiger partial charge in [0.05, 0.1) is 29.6 Å². The van der Waals surface area contributed by atoms with Crippen LogP contribution < -0.4 is 15.1 Å². The predicted molar refractivity (Wildman–Crippen MR) is 151 cm³/mol. The Bertz CT molecular complexity index is 1590. The Morgan fingerprint density at radius 3 is 2.55 bits per heavy atom. The summed E-state index contributed by atoms with van der Waals surface area (Å²) in [6.07, 6.45) is 8.13. The monoisotopic (exact) mass is 545 g/mol. The van der Waals surface area contributed by atoms with E-state index >= 15 is 4.39 Å². The number of anilines is 1. The van der Waals surface area contributed by atoms with Crippen LogP contribution in [0.5, 0.6) is 11.5 Å². The molecule has 3 fully saturated rings. The summed E-state index contributed by atoms with van der Waals surface area (Å²) in [5, 5.41) is 9.59. The fourth-order valence-electron chi connectivity index (χ4n) is 6.35. The average Bonchev–Trinajstić information content (AvgIpc) is 3.69. The number of nitrogens with zero attached hydrogens (tertiary/aromatic N) is 3. The van der Waals surface area contributed by atoms with Crippen LogP contribution in [0.15, 0.2) is 47.4 Å². The summed E-state index contributed by atoms with van der Waals surface area (Å²) in [7, 11) is 1.48. The highest BCUT2D eigenvalue weighted by Crippen LogP contribution is 2.45. The molecule has 208 valence electrons. The van der Waals surface area contributed by atoms with Crippen LogP contribution in [0.1, 0.15) is 54.6 Å². The van der Waals surface area contributed by atoms with E-state index in [1.54, 1.807) is 31.3 Å². The maximum Gasteiger partial charge on any atom is 0.219 e. The summed E-state index contributed by atoms with van der Waals surface area (Å²) >= 11 is 0. The highest BCUT2D eigenvalue weighted by molar-refractivity contribution is 6.08. The molecule has 0 bridgehead atoms. The number of carbonyl (C=O) groups is 2. The van der Waals surface area contributed by atoms with Gasteiger partial charge in [0.15, 0.2) is 17.3 Å². The number of aromatic nitrogens is 1. The van der Waals surface area contributed by atoms with Crippen LogP contribution in [0.2, 0.25) is 0 Å². The lowest BCUT2D eigenvalue weighted by Crippen LogP contribution is -2.47. The van der Waals surface area contributed by atoms with Gasteiger partial charge < -0.3 is 24.2 Å². The van der Waals surface area contributed by atoms with E-state index in [0.29, 0.717) is 36.4 Å². The molecule has 2 aliphatic heterocycles. The number of allylic oxidation sites excluding steroid dienone is 1. The molecule has 0 radical (unpaired) electrons. The Kier molecular flexibility index (Phi) is 6.60. The number of fused-ring (bicyclic) bond motifs is 2. The van der Waals surface area contributed by atoms with E-state index in [4.69, 9.17) is 4.74 Å². The zero-order chi connectivity index (χ0) is 28.1. The number of halogens is 1. The highest BCUT2D eigenvalue weighted by Gasteiger charge is 2.42. The highest BCUT2D eigenvalue weighted by atomic mass is 19.1. The molecule has 8 nitrogen and oxygen atoms in total. The van der Waals surface area contributed by atoms with Crippen molar-refractivity contribution >= 4 is 34.4 Å². The summed E-state index contributed by atoms with van der Waals surface area (Å²) < 4.78 is 23.7. The number of ether oxygens (including phenoxy) is 1. The van der Waals surface area contributed by atoms with Gasteiger partial charge in [0.2, 0.25) is 11.3 Å². The first-order valence-corrected chi connectivity index (χ1v) is 13.8. The van der Waals surface area contributed by atoms with Crippen molar-refractivity contribution in [2.45, 2.75) is 44.7 Å². The minimum Gasteiger partial charge on any atom is -0.508 e. The molecule has 1 N–H and O–H groups in total. The van der Waals surface area contributed by atoms with Crippen LogP contribution in [0, 0.1) is 11.7 Å². The van der Waals surface area contributed by atoms with Gasteiger partial charge in [-0.1, -0.05) is 18.2 Å². The molecule has 3 aliphatic rings. The second-order valence-corrected chi connectivity index (χ2v) is 11.0. The fraction of sp³-hybridized carbons (Fsp3) is 0.387. The lowest BCUT2D eigenvalue weighted by molar-refractivity contribution is -0.132. The quantitative estimate of drug-likeness (QED) is 0.362. The number of methoxy groups -OCH3 is 1. The average molecular weight is 546 g/mol. The van der Waals surface area contributed by atoms with Gasteiger partial charge >= 0.3 is 0 Å². The van der Waals surface area contributed by atoms with Gasteiger partial charge in [-0.25, -0.2) is 4.39 Å². The SMILES string of the molecule is COc1c(N2CC3CCCN(C(C)=O)C3C2)c(F)cc2c(=O)c(C(=O)C=Cc3ccc(O)cc3)cn(C3CC3)c12. The maximum absolute atomic E-state index is 15.9. The molecular formula is C31H32FN3O5. The van der Waals surface area contributed by atoms with Crippen molar-refractivity contribution < 1.29 is 23.8 Å². The van der Waals surface area contributed by atoms with E-state index in [-0.39, 0.29) is 46.4 Å². The Morgan fingerprint density at radius 1 is 1.12 bits per heavy atom. The molecule has 3 aromatic rings. The molecule has 2 unspecified atom stereocenters. The zero-order valence-corrected chi connectivity index (χ0v) is 22.6. The van der Waals surface area contributed by atoms with Crippen molar-refractivity contribution in [3.05, 3.63) is 69.8 Å². The van der Waals surface area contributed by atoms with Gasteiger partial charge in [0.25, 0.3) is 0 Å².